The Kier molecular flexibility index (Phi) is 5.91. The van der Waals surface area contributed by atoms with Crippen LogP contribution < -0.4 is 4.74 Å². The molecule has 0 aliphatic carbocycles. The Morgan fingerprint density at radius 1 is 1.26 bits per heavy atom. The summed E-state index contributed by atoms with van der Waals surface area (Å²) in [5.74, 6) is 0.544. The molecule has 1 aromatic carbocycles. The van der Waals surface area contributed by atoms with Gasteiger partial charge in [0.15, 0.2) is 0 Å². The molecule has 3 rings (SSSR count). The van der Waals surface area contributed by atoms with Crippen molar-refractivity contribution in [3.05, 3.63) is 52.3 Å². The number of hydrogen-bond acceptors (Lipinski definition) is 6. The Balaban J connectivity index is 1.56. The largest absolute Gasteiger partial charge is 0.496 e. The normalized spacial score (nSPS) is 10.8. The lowest BCUT2D eigenvalue weighted by molar-refractivity contribution is -0.145. The average molecular weight is 385 g/mol. The molecule has 27 heavy (non-hydrogen) atoms. The first-order chi connectivity index (χ1) is 13.0. The smallest absolute Gasteiger partial charge is 0.306 e. The molecule has 2 aromatic heterocycles. The number of ether oxygens (including phenoxy) is 2. The Morgan fingerprint density at radius 2 is 2.04 bits per heavy atom. The van der Waals surface area contributed by atoms with E-state index in [0.717, 1.165) is 39.0 Å². The Morgan fingerprint density at radius 3 is 2.74 bits per heavy atom. The number of rotatable bonds is 7. The predicted octanol–water partition coefficient (Wildman–Crippen LogP) is 3.85. The fourth-order valence-electron chi connectivity index (χ4n) is 2.95. The van der Waals surface area contributed by atoms with Crippen LogP contribution in [0.5, 0.6) is 5.75 Å². The highest BCUT2D eigenvalue weighted by Crippen LogP contribution is 2.32. The average Bonchev–Trinajstić information content (AvgIpc) is 3.23. The Bertz CT molecular complexity index is 946. The first kappa shape index (κ1) is 19.1. The molecule has 0 N–H and O–H groups in total. The third-order valence-corrected chi connectivity index (χ3v) is 5.43. The summed E-state index contributed by atoms with van der Waals surface area (Å²) in [6.07, 6.45) is 0.963. The van der Waals surface area contributed by atoms with E-state index in [1.807, 2.05) is 55.2 Å². The lowest BCUT2D eigenvalue weighted by Gasteiger charge is -2.05. The van der Waals surface area contributed by atoms with Crippen LogP contribution in [0.15, 0.2) is 29.6 Å². The number of para-hydroxylation sites is 1. The second kappa shape index (κ2) is 8.35. The van der Waals surface area contributed by atoms with Gasteiger partial charge in [-0.2, -0.15) is 5.10 Å². The molecule has 0 bridgehead atoms. The number of nitrogens with zero attached hydrogens (tertiary/aromatic N) is 3. The van der Waals surface area contributed by atoms with Crippen LogP contribution in [0.4, 0.5) is 0 Å². The molecule has 0 aliphatic rings. The van der Waals surface area contributed by atoms with Crippen molar-refractivity contribution >= 4 is 17.3 Å². The molecular weight excluding hydrogens is 362 g/mol. The van der Waals surface area contributed by atoms with Crippen LogP contribution >= 0.6 is 11.3 Å². The summed E-state index contributed by atoms with van der Waals surface area (Å²) in [4.78, 5) is 16.7. The van der Waals surface area contributed by atoms with Crippen molar-refractivity contribution in [3.8, 4) is 16.3 Å². The zero-order valence-corrected chi connectivity index (χ0v) is 16.8. The minimum atomic E-state index is -0.232. The summed E-state index contributed by atoms with van der Waals surface area (Å²) < 4.78 is 12.6. The summed E-state index contributed by atoms with van der Waals surface area (Å²) in [5, 5.41) is 7.13. The Hall–Kier alpha value is -2.67. The third kappa shape index (κ3) is 4.36. The van der Waals surface area contributed by atoms with E-state index in [2.05, 4.69) is 10.1 Å². The molecule has 0 spiro atoms. The predicted molar refractivity (Wildman–Crippen MR) is 105 cm³/mol. The van der Waals surface area contributed by atoms with Crippen molar-refractivity contribution in [2.75, 3.05) is 7.11 Å². The summed E-state index contributed by atoms with van der Waals surface area (Å²) >= 11 is 1.51. The minimum absolute atomic E-state index is 0.176. The number of benzene rings is 1. The lowest BCUT2D eigenvalue weighted by atomic mass is 10.1. The Labute approximate surface area is 162 Å². The molecule has 0 amide bonds. The van der Waals surface area contributed by atoms with E-state index in [4.69, 9.17) is 9.47 Å². The summed E-state index contributed by atoms with van der Waals surface area (Å²) in [5.41, 5.74) is 4.83. The molecular formula is C20H23N3O3S. The molecule has 0 saturated heterocycles. The van der Waals surface area contributed by atoms with Gasteiger partial charge in [0, 0.05) is 24.5 Å². The van der Waals surface area contributed by atoms with E-state index >= 15 is 0 Å². The SMILES string of the molecule is COc1ccccc1-c1nc(COC(=O)CCc2c(C)nn(C)c2C)cs1. The molecule has 0 atom stereocenters. The maximum Gasteiger partial charge on any atom is 0.306 e. The number of aryl methyl sites for hydroxylation is 2. The summed E-state index contributed by atoms with van der Waals surface area (Å²) in [6, 6.07) is 7.73. The highest BCUT2D eigenvalue weighted by atomic mass is 32.1. The fourth-order valence-corrected chi connectivity index (χ4v) is 3.79. The van der Waals surface area contributed by atoms with Crippen LogP contribution in [0.2, 0.25) is 0 Å². The monoisotopic (exact) mass is 385 g/mol. The van der Waals surface area contributed by atoms with Gasteiger partial charge in [0.2, 0.25) is 0 Å². The summed E-state index contributed by atoms with van der Waals surface area (Å²) in [6.45, 7) is 4.15. The van der Waals surface area contributed by atoms with E-state index in [1.54, 1.807) is 7.11 Å². The maximum absolute atomic E-state index is 12.1. The van der Waals surface area contributed by atoms with Crippen LogP contribution in [0.3, 0.4) is 0 Å². The van der Waals surface area contributed by atoms with E-state index in [1.165, 1.54) is 11.3 Å². The molecule has 0 saturated carbocycles. The molecule has 7 heteroatoms. The maximum atomic E-state index is 12.1. The van der Waals surface area contributed by atoms with Gasteiger partial charge in [0.25, 0.3) is 0 Å². The molecule has 2 heterocycles. The summed E-state index contributed by atoms with van der Waals surface area (Å²) in [7, 11) is 3.55. The van der Waals surface area contributed by atoms with Crippen molar-refractivity contribution in [1.82, 2.24) is 14.8 Å². The van der Waals surface area contributed by atoms with Gasteiger partial charge in [0.1, 0.15) is 17.4 Å². The van der Waals surface area contributed by atoms with E-state index in [9.17, 15) is 4.79 Å². The topological polar surface area (TPSA) is 66.2 Å². The second-order valence-electron chi connectivity index (χ2n) is 6.28. The van der Waals surface area contributed by atoms with Crippen LogP contribution in [-0.4, -0.2) is 27.8 Å². The van der Waals surface area contributed by atoms with Gasteiger partial charge in [-0.05, 0) is 38.0 Å². The molecule has 0 radical (unpaired) electrons. The third-order valence-electron chi connectivity index (χ3n) is 4.51. The van der Waals surface area contributed by atoms with Gasteiger partial charge >= 0.3 is 5.97 Å². The van der Waals surface area contributed by atoms with Gasteiger partial charge < -0.3 is 9.47 Å². The molecule has 0 aliphatic heterocycles. The fraction of sp³-hybridized carbons (Fsp3) is 0.350. The number of carbonyl (C=O) groups is 1. The van der Waals surface area contributed by atoms with Crippen LogP contribution in [-0.2, 0) is 29.6 Å². The number of aromatic nitrogens is 3. The van der Waals surface area contributed by atoms with Crippen LogP contribution in [0.1, 0.15) is 29.1 Å². The number of carbonyl (C=O) groups excluding carboxylic acids is 1. The van der Waals surface area contributed by atoms with Crippen LogP contribution in [0.25, 0.3) is 10.6 Å². The minimum Gasteiger partial charge on any atom is -0.496 e. The first-order valence-electron chi connectivity index (χ1n) is 8.72. The van der Waals surface area contributed by atoms with E-state index in [0.29, 0.717) is 12.8 Å². The molecule has 6 nitrogen and oxygen atoms in total. The molecule has 3 aromatic rings. The zero-order valence-electron chi connectivity index (χ0n) is 16.0. The standard InChI is InChI=1S/C20H23N3O3S/c1-13-16(14(2)23(3)22-13)9-10-19(24)26-11-15-12-27-20(21-15)17-7-5-6-8-18(17)25-4/h5-8,12H,9-11H2,1-4H3. The van der Waals surface area contributed by atoms with Gasteiger partial charge in [-0.15, -0.1) is 11.3 Å². The number of thiazole rings is 1. The zero-order chi connectivity index (χ0) is 19.4. The number of esters is 1. The number of methoxy groups -OCH3 is 1. The van der Waals surface area contributed by atoms with Crippen molar-refractivity contribution in [3.63, 3.8) is 0 Å². The highest BCUT2D eigenvalue weighted by molar-refractivity contribution is 7.13. The van der Waals surface area contributed by atoms with E-state index < -0.39 is 0 Å². The first-order valence-corrected chi connectivity index (χ1v) is 9.60. The quantitative estimate of drug-likeness (QED) is 0.578. The van der Waals surface area contributed by atoms with Gasteiger partial charge in [-0.3, -0.25) is 9.48 Å². The van der Waals surface area contributed by atoms with Gasteiger partial charge in [-0.25, -0.2) is 4.98 Å². The van der Waals surface area contributed by atoms with Crippen LogP contribution in [0, 0.1) is 13.8 Å². The van der Waals surface area contributed by atoms with Crippen molar-refractivity contribution < 1.29 is 14.3 Å². The van der Waals surface area contributed by atoms with Crippen molar-refractivity contribution in [2.24, 2.45) is 7.05 Å². The van der Waals surface area contributed by atoms with Gasteiger partial charge in [-0.1, -0.05) is 12.1 Å². The highest BCUT2D eigenvalue weighted by Gasteiger charge is 2.14. The van der Waals surface area contributed by atoms with Crippen molar-refractivity contribution in [1.29, 1.82) is 0 Å². The second-order valence-corrected chi connectivity index (χ2v) is 7.14. The molecule has 0 fully saturated rings. The molecule has 0 unspecified atom stereocenters. The van der Waals surface area contributed by atoms with Crippen molar-refractivity contribution in [2.45, 2.75) is 33.3 Å². The van der Waals surface area contributed by atoms with Gasteiger partial charge in [0.05, 0.1) is 24.1 Å². The lowest BCUT2D eigenvalue weighted by Crippen LogP contribution is -2.07. The molecule has 142 valence electrons. The van der Waals surface area contributed by atoms with E-state index in [-0.39, 0.29) is 12.6 Å². The number of hydrogen-bond donors (Lipinski definition) is 0.